The largest absolute Gasteiger partial charge is 0.494 e. The Balaban J connectivity index is 1.31. The Morgan fingerprint density at radius 1 is 1.03 bits per heavy atom. The molecule has 1 aliphatic heterocycles. The molecule has 39 heavy (non-hydrogen) atoms. The predicted octanol–water partition coefficient (Wildman–Crippen LogP) is 5.32. The van der Waals surface area contributed by atoms with Crippen LogP contribution in [0.1, 0.15) is 47.4 Å². The summed E-state index contributed by atoms with van der Waals surface area (Å²) in [4.78, 5) is 11.1. The second kappa shape index (κ2) is 11.3. The van der Waals surface area contributed by atoms with Gasteiger partial charge in [0.15, 0.2) is 0 Å². The van der Waals surface area contributed by atoms with E-state index in [4.69, 9.17) is 19.3 Å². The fraction of sp³-hybridized carbons (Fsp3) is 0.367. The van der Waals surface area contributed by atoms with Crippen LogP contribution in [0.5, 0.6) is 17.2 Å². The number of carboxylic acids is 1. The third kappa shape index (κ3) is 6.53. The van der Waals surface area contributed by atoms with Crippen molar-refractivity contribution in [1.82, 2.24) is 0 Å². The summed E-state index contributed by atoms with van der Waals surface area (Å²) in [6, 6.07) is 14.6. The van der Waals surface area contributed by atoms with Crippen LogP contribution in [0.3, 0.4) is 0 Å². The molecule has 0 aromatic heterocycles. The van der Waals surface area contributed by atoms with Crippen molar-refractivity contribution in [2.75, 3.05) is 25.2 Å². The normalized spacial score (nSPS) is 15.9. The van der Waals surface area contributed by atoms with E-state index in [9.17, 15) is 13.2 Å². The summed E-state index contributed by atoms with van der Waals surface area (Å²) in [5.41, 5.74) is 5.35. The zero-order valence-corrected chi connectivity index (χ0v) is 22.6. The minimum absolute atomic E-state index is 0.00577. The van der Waals surface area contributed by atoms with Crippen LogP contribution in [0.25, 0.3) is 11.1 Å². The monoisotopic (exact) mass is 554 g/mol. The molecule has 7 nitrogen and oxygen atoms in total. The third-order valence-electron chi connectivity index (χ3n) is 7.14. The van der Waals surface area contributed by atoms with Gasteiger partial charge < -0.3 is 19.3 Å². The maximum absolute atomic E-state index is 15.1. The smallest absolute Gasteiger partial charge is 0.304 e. The van der Waals surface area contributed by atoms with Gasteiger partial charge in [0.2, 0.25) is 0 Å². The fourth-order valence-corrected chi connectivity index (χ4v) is 5.87. The van der Waals surface area contributed by atoms with E-state index < -0.39 is 15.8 Å². The van der Waals surface area contributed by atoms with E-state index in [-0.39, 0.29) is 30.5 Å². The van der Waals surface area contributed by atoms with Crippen molar-refractivity contribution in [2.45, 2.75) is 44.6 Å². The summed E-state index contributed by atoms with van der Waals surface area (Å²) in [5, 5.41) is 9.09. The topological polar surface area (TPSA) is 99.1 Å². The number of sulfone groups is 1. The molecule has 0 unspecified atom stereocenters. The zero-order chi connectivity index (χ0) is 27.6. The molecule has 2 aliphatic rings. The Morgan fingerprint density at radius 2 is 1.77 bits per heavy atom. The van der Waals surface area contributed by atoms with Gasteiger partial charge in [-0.3, -0.25) is 4.79 Å². The molecule has 0 saturated heterocycles. The van der Waals surface area contributed by atoms with Crippen molar-refractivity contribution in [3.63, 3.8) is 0 Å². The highest BCUT2D eigenvalue weighted by atomic mass is 32.2. The molecule has 3 aromatic carbocycles. The number of halogens is 1. The Kier molecular flexibility index (Phi) is 7.79. The molecule has 206 valence electrons. The molecular weight excluding hydrogens is 523 g/mol. The summed E-state index contributed by atoms with van der Waals surface area (Å²) in [6.07, 6.45) is 4.12. The number of aryl methyl sites for hydroxylation is 2. The van der Waals surface area contributed by atoms with Crippen molar-refractivity contribution >= 4 is 15.8 Å². The highest BCUT2D eigenvalue weighted by molar-refractivity contribution is 7.90. The Hall–Kier alpha value is -3.59. The lowest BCUT2D eigenvalue weighted by molar-refractivity contribution is -0.137. The van der Waals surface area contributed by atoms with Gasteiger partial charge in [-0.05, 0) is 78.3 Å². The first-order chi connectivity index (χ1) is 18.7. The van der Waals surface area contributed by atoms with E-state index in [0.29, 0.717) is 42.4 Å². The molecule has 5 rings (SSSR count). The zero-order valence-electron chi connectivity index (χ0n) is 21.7. The molecule has 0 amide bonds. The highest BCUT2D eigenvalue weighted by Gasteiger charge is 2.27. The summed E-state index contributed by atoms with van der Waals surface area (Å²) in [6.45, 7) is 0.674. The first kappa shape index (κ1) is 27.0. The molecule has 9 heteroatoms. The highest BCUT2D eigenvalue weighted by Crippen LogP contribution is 2.39. The molecule has 0 fully saturated rings. The number of hydrogen-bond donors (Lipinski definition) is 1. The Bertz CT molecular complexity index is 1500. The number of aliphatic carboxylic acids is 1. The molecule has 0 radical (unpaired) electrons. The van der Waals surface area contributed by atoms with Gasteiger partial charge >= 0.3 is 5.97 Å². The summed E-state index contributed by atoms with van der Waals surface area (Å²) in [5.74, 6) is 0.535. The van der Waals surface area contributed by atoms with Crippen LogP contribution in [0, 0.1) is 5.82 Å². The number of ether oxygens (including phenoxy) is 3. The molecule has 1 aliphatic carbocycles. The van der Waals surface area contributed by atoms with Gasteiger partial charge in [-0.2, -0.15) is 0 Å². The lowest BCUT2D eigenvalue weighted by Crippen LogP contribution is -2.08. The average molecular weight is 555 g/mol. The molecule has 1 N–H and O–H groups in total. The van der Waals surface area contributed by atoms with Gasteiger partial charge in [0.05, 0.1) is 25.4 Å². The van der Waals surface area contributed by atoms with Gasteiger partial charge in [-0.25, -0.2) is 12.8 Å². The maximum atomic E-state index is 15.1. The van der Waals surface area contributed by atoms with Gasteiger partial charge in [0.25, 0.3) is 0 Å². The van der Waals surface area contributed by atoms with E-state index in [0.717, 1.165) is 47.1 Å². The second-order valence-electron chi connectivity index (χ2n) is 10.2. The van der Waals surface area contributed by atoms with E-state index in [1.807, 2.05) is 30.3 Å². The maximum Gasteiger partial charge on any atom is 0.304 e. The summed E-state index contributed by atoms with van der Waals surface area (Å²) >= 11 is 0. The first-order valence-corrected chi connectivity index (χ1v) is 15.1. The molecule has 1 heterocycles. The van der Waals surface area contributed by atoms with E-state index >= 15 is 4.39 Å². The SMILES string of the molecule is CS(=O)(=O)CCCOc1ccc2c(c1)CCCc1cc(F)c(COc3ccc4c(c3)OC[C@H]4CC(=O)O)cc1-2. The number of hydrogen-bond acceptors (Lipinski definition) is 6. The van der Waals surface area contributed by atoms with Crippen LogP contribution in [-0.4, -0.2) is 44.7 Å². The third-order valence-corrected chi connectivity index (χ3v) is 8.17. The van der Waals surface area contributed by atoms with Crippen molar-refractivity contribution in [2.24, 2.45) is 0 Å². The molecular formula is C30H31FO7S. The van der Waals surface area contributed by atoms with Crippen LogP contribution in [0.4, 0.5) is 4.39 Å². The van der Waals surface area contributed by atoms with Gasteiger partial charge in [0.1, 0.15) is 39.5 Å². The molecule has 0 spiro atoms. The van der Waals surface area contributed by atoms with Crippen molar-refractivity contribution in [3.05, 3.63) is 76.6 Å². The Morgan fingerprint density at radius 3 is 2.54 bits per heavy atom. The van der Waals surface area contributed by atoms with Crippen LogP contribution >= 0.6 is 0 Å². The lowest BCUT2D eigenvalue weighted by Gasteiger charge is -2.15. The Labute approximate surface area is 227 Å². The van der Waals surface area contributed by atoms with Crippen molar-refractivity contribution in [3.8, 4) is 28.4 Å². The predicted molar refractivity (Wildman–Crippen MR) is 145 cm³/mol. The second-order valence-corrected chi connectivity index (χ2v) is 12.5. The number of benzene rings is 3. The van der Waals surface area contributed by atoms with Crippen LogP contribution < -0.4 is 14.2 Å². The van der Waals surface area contributed by atoms with E-state index in [1.54, 1.807) is 18.2 Å². The molecule has 0 saturated carbocycles. The minimum atomic E-state index is -3.02. The van der Waals surface area contributed by atoms with Gasteiger partial charge in [-0.1, -0.05) is 12.1 Å². The number of carbonyl (C=O) groups is 1. The first-order valence-electron chi connectivity index (χ1n) is 13.0. The molecule has 1 atom stereocenters. The summed E-state index contributed by atoms with van der Waals surface area (Å²) < 4.78 is 55.1. The molecule has 0 bridgehead atoms. The standard InChI is InChI=1S/C30H31FO7S/c1-39(34,35)11-3-10-36-23-6-8-25-19(12-23)4-2-5-20-14-28(31)22(13-27(20)25)18-37-24-7-9-26-21(15-30(32)33)17-38-29(26)16-24/h6-9,12-14,16,21H,2-5,10-11,15,17-18H2,1H3,(H,32,33)/t21-/m1/s1. The van der Waals surface area contributed by atoms with Gasteiger partial charge in [-0.15, -0.1) is 0 Å². The van der Waals surface area contributed by atoms with Crippen LogP contribution in [0.2, 0.25) is 0 Å². The molecule has 3 aromatic rings. The fourth-order valence-electron chi connectivity index (χ4n) is 5.22. The van der Waals surface area contributed by atoms with Crippen molar-refractivity contribution in [1.29, 1.82) is 0 Å². The van der Waals surface area contributed by atoms with E-state index in [2.05, 4.69) is 0 Å². The summed E-state index contributed by atoms with van der Waals surface area (Å²) in [7, 11) is -3.02. The average Bonchev–Trinajstić information content (AvgIpc) is 3.18. The van der Waals surface area contributed by atoms with Crippen LogP contribution in [-0.2, 0) is 34.1 Å². The number of carboxylic acid groups (broad SMARTS) is 1. The lowest BCUT2D eigenvalue weighted by atomic mass is 9.94. The van der Waals surface area contributed by atoms with Gasteiger partial charge in [0, 0.05) is 29.4 Å². The van der Waals surface area contributed by atoms with Crippen LogP contribution in [0.15, 0.2) is 48.5 Å². The number of fused-ring (bicyclic) bond motifs is 4. The minimum Gasteiger partial charge on any atom is -0.494 e. The number of rotatable bonds is 10. The van der Waals surface area contributed by atoms with E-state index in [1.165, 1.54) is 6.26 Å². The van der Waals surface area contributed by atoms with Crippen molar-refractivity contribution < 1.29 is 36.9 Å². The quantitative estimate of drug-likeness (QED) is 0.339.